The van der Waals surface area contributed by atoms with Crippen LogP contribution in [0.15, 0.2) is 49.3 Å². The third kappa shape index (κ3) is 9.79. The molecule has 2 aliphatic rings. The van der Waals surface area contributed by atoms with E-state index in [2.05, 4.69) is 50.5 Å². The van der Waals surface area contributed by atoms with E-state index in [0.29, 0.717) is 76.8 Å². The number of nitrogens with zero attached hydrogens (tertiary/aromatic N) is 8. The Morgan fingerprint density at radius 2 is 1.25 bits per heavy atom. The Morgan fingerprint density at radius 1 is 0.780 bits per heavy atom. The van der Waals surface area contributed by atoms with Gasteiger partial charge in [0.25, 0.3) is 0 Å². The molecule has 0 saturated carbocycles. The van der Waals surface area contributed by atoms with Crippen LogP contribution in [0.5, 0.6) is 0 Å². The number of nitrogens with one attached hydrogen (secondary N) is 4. The number of fused-ring (bicyclic) bond motifs is 2. The van der Waals surface area contributed by atoms with Crippen LogP contribution >= 0.6 is 23.2 Å². The summed E-state index contributed by atoms with van der Waals surface area (Å²) in [6, 6.07) is 3.54. The molecule has 0 spiro atoms. The number of rotatable bonds is 9. The lowest BCUT2D eigenvalue weighted by Gasteiger charge is -2.34. The number of anilines is 2. The van der Waals surface area contributed by atoms with Crippen molar-refractivity contribution in [1.29, 1.82) is 0 Å². The molecular formula is C40H44Cl2F2N12O3. The van der Waals surface area contributed by atoms with Crippen LogP contribution < -0.4 is 10.6 Å². The highest BCUT2D eigenvalue weighted by Crippen LogP contribution is 2.30. The minimum atomic E-state index is -0.537. The van der Waals surface area contributed by atoms with Crippen molar-refractivity contribution in [3.8, 4) is 22.8 Å². The lowest BCUT2D eigenvalue weighted by molar-refractivity contribution is -0.136. The molecule has 4 N–H and O–H groups in total. The van der Waals surface area contributed by atoms with E-state index >= 15 is 0 Å². The van der Waals surface area contributed by atoms with E-state index in [1.807, 2.05) is 18.7 Å². The molecule has 6 aromatic heterocycles. The van der Waals surface area contributed by atoms with Crippen molar-refractivity contribution in [2.75, 3.05) is 57.0 Å². The third-order valence-electron chi connectivity index (χ3n) is 10.4. The molecule has 6 aromatic rings. The largest absolute Gasteiger partial charge is 0.453 e. The van der Waals surface area contributed by atoms with E-state index in [9.17, 15) is 18.4 Å². The van der Waals surface area contributed by atoms with Crippen LogP contribution in [-0.4, -0.2) is 108 Å². The number of aromatic amines is 2. The van der Waals surface area contributed by atoms with Gasteiger partial charge in [-0.1, -0.05) is 37.0 Å². The Bertz CT molecular complexity index is 2450. The Labute approximate surface area is 348 Å². The molecule has 0 bridgehead atoms. The Hall–Kier alpha value is -5.68. The fraction of sp³-hybridized carbons (Fsp3) is 0.400. The summed E-state index contributed by atoms with van der Waals surface area (Å²) >= 11 is 12.1. The van der Waals surface area contributed by atoms with Crippen LogP contribution in [0.3, 0.4) is 0 Å². The quantitative estimate of drug-likeness (QED) is 0.111. The number of piperidine rings is 2. The lowest BCUT2D eigenvalue weighted by atomic mass is 9.97. The lowest BCUT2D eigenvalue weighted by Crippen LogP contribution is -2.43. The van der Waals surface area contributed by atoms with Gasteiger partial charge in [0, 0.05) is 91.9 Å². The van der Waals surface area contributed by atoms with Gasteiger partial charge in [0.15, 0.2) is 34.9 Å². The normalized spacial score (nSPS) is 16.9. The van der Waals surface area contributed by atoms with Gasteiger partial charge in [-0.3, -0.25) is 4.79 Å². The number of methoxy groups -OCH3 is 1. The zero-order chi connectivity index (χ0) is 41.6. The molecule has 310 valence electrons. The van der Waals surface area contributed by atoms with Crippen LogP contribution in [0.25, 0.3) is 44.8 Å². The van der Waals surface area contributed by atoms with Crippen LogP contribution in [0.1, 0.15) is 39.5 Å². The average Bonchev–Trinajstić information content (AvgIpc) is 3.87. The highest BCUT2D eigenvalue weighted by atomic mass is 35.5. The van der Waals surface area contributed by atoms with Gasteiger partial charge in [-0.25, -0.2) is 43.5 Å². The number of carbonyl (C=O) groups excluding carboxylic acids is 2. The van der Waals surface area contributed by atoms with Gasteiger partial charge in [0.05, 0.1) is 29.5 Å². The molecule has 2 amide bonds. The second kappa shape index (κ2) is 18.5. The molecule has 8 heterocycles. The minimum absolute atomic E-state index is 0.0160. The third-order valence-corrected chi connectivity index (χ3v) is 10.8. The predicted octanol–water partition coefficient (Wildman–Crippen LogP) is 7.82. The zero-order valence-corrected chi connectivity index (χ0v) is 34.2. The average molecular weight is 850 g/mol. The van der Waals surface area contributed by atoms with Crippen LogP contribution in [-0.2, 0) is 9.53 Å². The van der Waals surface area contributed by atoms with Crippen LogP contribution in [0, 0.1) is 29.4 Å². The van der Waals surface area contributed by atoms with E-state index in [1.165, 1.54) is 7.11 Å². The molecule has 0 aliphatic carbocycles. The number of likely N-dealkylation sites (tertiary alicyclic amines) is 2. The summed E-state index contributed by atoms with van der Waals surface area (Å²) in [6.45, 7) is 7.55. The van der Waals surface area contributed by atoms with Gasteiger partial charge in [-0.2, -0.15) is 0 Å². The molecule has 59 heavy (non-hydrogen) atoms. The second-order valence-electron chi connectivity index (χ2n) is 14.9. The van der Waals surface area contributed by atoms with Gasteiger partial charge in [0.1, 0.15) is 11.3 Å². The fourth-order valence-corrected chi connectivity index (χ4v) is 7.69. The minimum Gasteiger partial charge on any atom is -0.453 e. The first-order chi connectivity index (χ1) is 28.5. The van der Waals surface area contributed by atoms with Crippen molar-refractivity contribution in [2.45, 2.75) is 39.5 Å². The Kier molecular flexibility index (Phi) is 13.0. The smallest absolute Gasteiger partial charge is 0.409 e. The van der Waals surface area contributed by atoms with Crippen molar-refractivity contribution >= 4 is 68.9 Å². The molecule has 0 radical (unpaired) electrons. The van der Waals surface area contributed by atoms with Crippen LogP contribution in [0.4, 0.5) is 25.2 Å². The first-order valence-corrected chi connectivity index (χ1v) is 20.1. The van der Waals surface area contributed by atoms with Gasteiger partial charge in [-0.05, 0) is 49.7 Å². The molecular weight excluding hydrogens is 805 g/mol. The SMILES string of the molecule is CC(C)C(=O)N1CCCC(CNc2nc(-c3c[nH]c4ncc(Cl)cc34)ncc2F)C1.COC(=O)N1CCCC(CNc2nc(-c3c[nH]c4ncc(Cl)cc34)ncc2F)C1. The summed E-state index contributed by atoms with van der Waals surface area (Å²) < 4.78 is 33.4. The molecule has 0 aromatic carbocycles. The molecule has 2 fully saturated rings. The predicted molar refractivity (Wildman–Crippen MR) is 222 cm³/mol. The zero-order valence-electron chi connectivity index (χ0n) is 32.7. The first kappa shape index (κ1) is 41.5. The van der Waals surface area contributed by atoms with Gasteiger partial charge < -0.3 is 35.1 Å². The Morgan fingerprint density at radius 3 is 1.73 bits per heavy atom. The molecule has 2 saturated heterocycles. The number of H-pyrrole nitrogens is 2. The summed E-state index contributed by atoms with van der Waals surface area (Å²) in [4.78, 5) is 59.1. The maximum Gasteiger partial charge on any atom is 0.409 e. The monoisotopic (exact) mass is 848 g/mol. The molecule has 19 heteroatoms. The van der Waals surface area contributed by atoms with E-state index < -0.39 is 11.6 Å². The van der Waals surface area contributed by atoms with E-state index in [1.54, 1.807) is 41.8 Å². The van der Waals surface area contributed by atoms with Crippen molar-refractivity contribution in [3.05, 3.63) is 71.0 Å². The number of ether oxygens (including phenoxy) is 1. The van der Waals surface area contributed by atoms with Gasteiger partial charge in [0.2, 0.25) is 5.91 Å². The fourth-order valence-electron chi connectivity index (χ4n) is 7.37. The summed E-state index contributed by atoms with van der Waals surface area (Å²) in [6.07, 6.45) is 12.3. The summed E-state index contributed by atoms with van der Waals surface area (Å²) in [5.41, 5.74) is 2.70. The van der Waals surface area contributed by atoms with Gasteiger partial charge >= 0.3 is 6.09 Å². The first-order valence-electron chi connectivity index (χ1n) is 19.4. The highest BCUT2D eigenvalue weighted by molar-refractivity contribution is 6.31. The highest BCUT2D eigenvalue weighted by Gasteiger charge is 2.27. The van der Waals surface area contributed by atoms with Crippen molar-refractivity contribution in [2.24, 2.45) is 17.8 Å². The number of hydrogen-bond acceptors (Lipinski definition) is 11. The molecule has 15 nitrogen and oxygen atoms in total. The standard InChI is InChI=1S/C21H24ClFN6O.C19H20ClFN6O2/c1-12(2)21(30)29-5-3-4-13(11-29)7-24-20-17(23)10-27-19(28-20)16-9-26-18-15(16)6-14(22)8-25-18;1-29-19(28)27-4-2-3-11(10-27)6-22-18-15(21)9-25-17(26-18)14-8-24-16-13(14)5-12(20)7-23-16/h6,8-10,12-13H,3-5,7,11H2,1-2H3,(H,25,26)(H,24,27,28);5,7-9,11H,2-4,6,10H2,1H3,(H,23,24)(H,22,25,26). The molecule has 2 unspecified atom stereocenters. The number of amides is 2. The summed E-state index contributed by atoms with van der Waals surface area (Å²) in [7, 11) is 1.37. The maximum atomic E-state index is 14.4. The van der Waals surface area contributed by atoms with E-state index in [4.69, 9.17) is 27.9 Å². The number of carbonyl (C=O) groups is 2. The van der Waals surface area contributed by atoms with Crippen molar-refractivity contribution < 1.29 is 23.1 Å². The molecule has 2 atom stereocenters. The Balaban J connectivity index is 0.000000179. The van der Waals surface area contributed by atoms with E-state index in [0.717, 1.165) is 55.4 Å². The van der Waals surface area contributed by atoms with Gasteiger partial charge in [-0.15, -0.1) is 0 Å². The number of aromatic nitrogens is 8. The molecule has 2 aliphatic heterocycles. The number of pyridine rings is 2. The van der Waals surface area contributed by atoms with Crippen LogP contribution in [0.2, 0.25) is 10.0 Å². The summed E-state index contributed by atoms with van der Waals surface area (Å²) in [5, 5.41) is 8.71. The molecule has 8 rings (SSSR count). The van der Waals surface area contributed by atoms with Crippen molar-refractivity contribution in [1.82, 2.24) is 49.7 Å². The second-order valence-corrected chi connectivity index (χ2v) is 15.8. The van der Waals surface area contributed by atoms with E-state index in [-0.39, 0.29) is 41.4 Å². The number of hydrogen-bond donors (Lipinski definition) is 4. The topological polar surface area (TPSA) is 183 Å². The summed E-state index contributed by atoms with van der Waals surface area (Å²) in [5.74, 6) is 0.544. The van der Waals surface area contributed by atoms with Crippen molar-refractivity contribution in [3.63, 3.8) is 0 Å². The maximum absolute atomic E-state index is 14.4. The number of halogens is 4.